The molecule has 1 unspecified atom stereocenters. The van der Waals surface area contributed by atoms with Gasteiger partial charge in [-0.25, -0.2) is 0 Å². The Morgan fingerprint density at radius 2 is 1.69 bits per heavy atom. The molecule has 0 aromatic heterocycles. The van der Waals surface area contributed by atoms with E-state index in [-0.39, 0.29) is 6.10 Å². The van der Waals surface area contributed by atoms with Gasteiger partial charge in [0, 0.05) is 19.3 Å². The number of aliphatic hydroxyl groups excluding tert-OH is 1. The van der Waals surface area contributed by atoms with Crippen molar-refractivity contribution in [2.75, 3.05) is 0 Å². The van der Waals surface area contributed by atoms with Crippen LogP contribution >= 0.6 is 0 Å². The molecule has 1 N–H and O–H groups in total. The molecule has 0 amide bonds. The van der Waals surface area contributed by atoms with E-state index in [1.807, 2.05) is 6.92 Å². The standard InChI is InChI=1S/C12H18O/c1-3-4-5-6-7-8-9-10-11-12(2)13/h12-13H,5-7,10-11H2,1-2H3. The lowest BCUT2D eigenvalue weighted by atomic mass is 10.2. The quantitative estimate of drug-likeness (QED) is 0.517. The van der Waals surface area contributed by atoms with Gasteiger partial charge in [0.1, 0.15) is 0 Å². The Labute approximate surface area is 81.5 Å². The third-order valence-electron chi connectivity index (χ3n) is 1.59. The van der Waals surface area contributed by atoms with Crippen LogP contribution in [0, 0.1) is 23.7 Å². The van der Waals surface area contributed by atoms with Crippen LogP contribution in [0.25, 0.3) is 0 Å². The van der Waals surface area contributed by atoms with Gasteiger partial charge < -0.3 is 5.11 Å². The van der Waals surface area contributed by atoms with E-state index in [0.717, 1.165) is 32.1 Å². The summed E-state index contributed by atoms with van der Waals surface area (Å²) < 4.78 is 0. The minimum absolute atomic E-state index is 0.222. The van der Waals surface area contributed by atoms with Crippen molar-refractivity contribution in [3.8, 4) is 23.7 Å². The molecule has 0 radical (unpaired) electrons. The Morgan fingerprint density at radius 1 is 1.08 bits per heavy atom. The van der Waals surface area contributed by atoms with Crippen LogP contribution in [0.15, 0.2) is 0 Å². The molecule has 1 heteroatoms. The summed E-state index contributed by atoms with van der Waals surface area (Å²) in [5, 5.41) is 8.94. The topological polar surface area (TPSA) is 20.2 Å². The highest BCUT2D eigenvalue weighted by atomic mass is 16.3. The molecule has 0 heterocycles. The summed E-state index contributed by atoms with van der Waals surface area (Å²) in [5.41, 5.74) is 0. The van der Waals surface area contributed by atoms with E-state index in [4.69, 9.17) is 5.11 Å². The predicted octanol–water partition coefficient (Wildman–Crippen LogP) is 2.34. The second-order valence-corrected chi connectivity index (χ2v) is 3.02. The Hall–Kier alpha value is -0.920. The highest BCUT2D eigenvalue weighted by Gasteiger charge is 1.90. The van der Waals surface area contributed by atoms with Gasteiger partial charge in [0.15, 0.2) is 0 Å². The molecule has 0 spiro atoms. The first-order valence-corrected chi connectivity index (χ1v) is 4.80. The van der Waals surface area contributed by atoms with Gasteiger partial charge in [-0.1, -0.05) is 0 Å². The minimum atomic E-state index is -0.222. The van der Waals surface area contributed by atoms with Crippen LogP contribution in [0.3, 0.4) is 0 Å². The zero-order valence-corrected chi connectivity index (χ0v) is 8.56. The first-order chi connectivity index (χ1) is 6.27. The molecule has 0 saturated carbocycles. The second kappa shape index (κ2) is 9.17. The van der Waals surface area contributed by atoms with E-state index in [1.54, 1.807) is 6.92 Å². The fraction of sp³-hybridized carbons (Fsp3) is 0.667. The summed E-state index contributed by atoms with van der Waals surface area (Å²) in [6.07, 6.45) is 4.29. The van der Waals surface area contributed by atoms with Gasteiger partial charge in [0.2, 0.25) is 0 Å². The van der Waals surface area contributed by atoms with Crippen LogP contribution in [-0.4, -0.2) is 11.2 Å². The summed E-state index contributed by atoms with van der Waals surface area (Å²) >= 11 is 0. The van der Waals surface area contributed by atoms with Gasteiger partial charge in [-0.05, 0) is 26.7 Å². The Kier molecular flexibility index (Phi) is 8.52. The monoisotopic (exact) mass is 178 g/mol. The lowest BCUT2D eigenvalue weighted by molar-refractivity contribution is 0.186. The van der Waals surface area contributed by atoms with Gasteiger partial charge in [0.25, 0.3) is 0 Å². The predicted molar refractivity (Wildman–Crippen MR) is 56.0 cm³/mol. The summed E-state index contributed by atoms with van der Waals surface area (Å²) in [6, 6.07) is 0. The Bertz CT molecular complexity index is 219. The van der Waals surface area contributed by atoms with Crippen LogP contribution in [0.1, 0.15) is 46.0 Å². The van der Waals surface area contributed by atoms with Crippen molar-refractivity contribution in [2.45, 2.75) is 52.1 Å². The number of hydrogen-bond donors (Lipinski definition) is 1. The summed E-state index contributed by atoms with van der Waals surface area (Å²) in [6.45, 7) is 3.65. The van der Waals surface area contributed by atoms with E-state index >= 15 is 0 Å². The highest BCUT2D eigenvalue weighted by Crippen LogP contribution is 1.95. The maximum absolute atomic E-state index is 8.94. The second-order valence-electron chi connectivity index (χ2n) is 3.02. The lowest BCUT2D eigenvalue weighted by Gasteiger charge is -1.96. The summed E-state index contributed by atoms with van der Waals surface area (Å²) in [5.74, 6) is 12.0. The van der Waals surface area contributed by atoms with Crippen molar-refractivity contribution < 1.29 is 5.11 Å². The van der Waals surface area contributed by atoms with Gasteiger partial charge in [-0.15, -0.1) is 23.7 Å². The zero-order valence-electron chi connectivity index (χ0n) is 8.56. The highest BCUT2D eigenvalue weighted by molar-refractivity contribution is 5.01. The molecular formula is C12H18O. The molecule has 0 aromatic rings. The van der Waals surface area contributed by atoms with Crippen molar-refractivity contribution in [1.29, 1.82) is 0 Å². The smallest absolute Gasteiger partial charge is 0.0521 e. The molecule has 0 aromatic carbocycles. The first-order valence-electron chi connectivity index (χ1n) is 4.80. The van der Waals surface area contributed by atoms with Crippen LogP contribution in [0.5, 0.6) is 0 Å². The fourth-order valence-corrected chi connectivity index (χ4v) is 0.848. The van der Waals surface area contributed by atoms with E-state index in [0.29, 0.717) is 0 Å². The molecule has 0 aliphatic carbocycles. The van der Waals surface area contributed by atoms with Crippen molar-refractivity contribution in [1.82, 2.24) is 0 Å². The van der Waals surface area contributed by atoms with Crippen molar-refractivity contribution in [3.63, 3.8) is 0 Å². The molecule has 13 heavy (non-hydrogen) atoms. The third-order valence-corrected chi connectivity index (χ3v) is 1.59. The van der Waals surface area contributed by atoms with Crippen molar-refractivity contribution in [2.24, 2.45) is 0 Å². The molecule has 1 atom stereocenters. The van der Waals surface area contributed by atoms with Gasteiger partial charge in [-0.2, -0.15) is 0 Å². The molecule has 0 aliphatic heterocycles. The number of aliphatic hydroxyl groups is 1. The van der Waals surface area contributed by atoms with Gasteiger partial charge in [0.05, 0.1) is 6.10 Å². The largest absolute Gasteiger partial charge is 0.393 e. The average molecular weight is 178 g/mol. The van der Waals surface area contributed by atoms with Crippen LogP contribution in [0.4, 0.5) is 0 Å². The van der Waals surface area contributed by atoms with Crippen LogP contribution in [0.2, 0.25) is 0 Å². The number of rotatable bonds is 4. The molecular weight excluding hydrogens is 160 g/mol. The zero-order chi connectivity index (χ0) is 9.94. The molecule has 0 bridgehead atoms. The molecule has 0 aliphatic rings. The number of hydrogen-bond acceptors (Lipinski definition) is 1. The summed E-state index contributed by atoms with van der Waals surface area (Å²) in [7, 11) is 0. The van der Waals surface area contributed by atoms with Gasteiger partial charge >= 0.3 is 0 Å². The minimum Gasteiger partial charge on any atom is -0.393 e. The average Bonchev–Trinajstić information content (AvgIpc) is 2.09. The fourth-order valence-electron chi connectivity index (χ4n) is 0.848. The number of unbranched alkanes of at least 4 members (excludes halogenated alkanes) is 2. The Morgan fingerprint density at radius 3 is 2.31 bits per heavy atom. The van der Waals surface area contributed by atoms with Gasteiger partial charge in [-0.3, -0.25) is 0 Å². The maximum Gasteiger partial charge on any atom is 0.0521 e. The maximum atomic E-state index is 8.94. The third kappa shape index (κ3) is 11.1. The van der Waals surface area contributed by atoms with Crippen LogP contribution in [-0.2, 0) is 0 Å². The van der Waals surface area contributed by atoms with E-state index < -0.39 is 0 Å². The van der Waals surface area contributed by atoms with E-state index in [2.05, 4.69) is 23.7 Å². The van der Waals surface area contributed by atoms with E-state index in [1.165, 1.54) is 0 Å². The van der Waals surface area contributed by atoms with E-state index in [9.17, 15) is 0 Å². The molecule has 1 nitrogen and oxygen atoms in total. The van der Waals surface area contributed by atoms with Crippen LogP contribution < -0.4 is 0 Å². The lowest BCUT2D eigenvalue weighted by Crippen LogP contribution is -1.96. The molecule has 0 rings (SSSR count). The van der Waals surface area contributed by atoms with Crippen molar-refractivity contribution >= 4 is 0 Å². The normalized spacial score (nSPS) is 10.7. The summed E-state index contributed by atoms with van der Waals surface area (Å²) in [4.78, 5) is 0. The van der Waals surface area contributed by atoms with Crippen molar-refractivity contribution in [3.05, 3.63) is 0 Å². The Balaban J connectivity index is 3.23. The molecule has 0 saturated heterocycles. The molecule has 0 fully saturated rings. The SMILES string of the molecule is CC#CCCCC#CCCC(C)O. The molecule has 72 valence electrons. The first kappa shape index (κ1) is 12.1.